The molecule has 0 saturated heterocycles. The molecule has 0 aromatic heterocycles. The zero-order valence-corrected chi connectivity index (χ0v) is 13.8. The van der Waals surface area contributed by atoms with E-state index in [1.54, 1.807) is 0 Å². The lowest BCUT2D eigenvalue weighted by Crippen LogP contribution is -2.38. The summed E-state index contributed by atoms with van der Waals surface area (Å²) in [5.41, 5.74) is 7.74. The molecular weight excluding hydrogens is 300 g/mol. The van der Waals surface area contributed by atoms with Crippen LogP contribution in [0.1, 0.15) is 30.4 Å². The average molecular weight is 324 g/mol. The van der Waals surface area contributed by atoms with E-state index < -0.39 is 0 Å². The molecule has 0 aliphatic heterocycles. The highest BCUT2D eigenvalue weighted by Gasteiger charge is 2.31. The number of benzene rings is 2. The summed E-state index contributed by atoms with van der Waals surface area (Å²) in [5.74, 6) is 0.628. The Morgan fingerprint density at radius 2 is 1.83 bits per heavy atom. The number of amides is 1. The molecule has 1 aliphatic rings. The van der Waals surface area contributed by atoms with Crippen molar-refractivity contribution in [1.29, 1.82) is 0 Å². The van der Waals surface area contributed by atoms with Gasteiger partial charge in [0.1, 0.15) is 12.4 Å². The SMILES string of the molecule is NC(=O)C1CCCC1NCc1ccccc1OCc1ccccc1. The van der Waals surface area contributed by atoms with E-state index in [0.717, 1.165) is 36.1 Å². The average Bonchev–Trinajstić information content (AvgIpc) is 3.08. The van der Waals surface area contributed by atoms with Gasteiger partial charge in [0.2, 0.25) is 5.91 Å². The van der Waals surface area contributed by atoms with Crippen molar-refractivity contribution in [2.75, 3.05) is 0 Å². The molecular formula is C20H24N2O2. The molecule has 2 aromatic rings. The molecule has 0 bridgehead atoms. The number of nitrogens with one attached hydrogen (secondary N) is 1. The van der Waals surface area contributed by atoms with Crippen LogP contribution in [0.15, 0.2) is 54.6 Å². The second-order valence-electron chi connectivity index (χ2n) is 6.31. The molecule has 1 fully saturated rings. The fourth-order valence-electron chi connectivity index (χ4n) is 3.31. The molecule has 126 valence electrons. The molecule has 2 atom stereocenters. The molecule has 4 nitrogen and oxygen atoms in total. The van der Waals surface area contributed by atoms with Gasteiger partial charge in [0.15, 0.2) is 0 Å². The molecule has 3 N–H and O–H groups in total. The second-order valence-corrected chi connectivity index (χ2v) is 6.31. The first-order valence-corrected chi connectivity index (χ1v) is 8.51. The smallest absolute Gasteiger partial charge is 0.222 e. The van der Waals surface area contributed by atoms with Gasteiger partial charge < -0.3 is 15.8 Å². The molecule has 1 amide bonds. The Morgan fingerprint density at radius 1 is 1.08 bits per heavy atom. The number of hydrogen-bond acceptors (Lipinski definition) is 3. The van der Waals surface area contributed by atoms with Crippen molar-refractivity contribution < 1.29 is 9.53 Å². The lowest BCUT2D eigenvalue weighted by molar-refractivity contribution is -0.122. The van der Waals surface area contributed by atoms with Gasteiger partial charge >= 0.3 is 0 Å². The van der Waals surface area contributed by atoms with Crippen LogP contribution in [0.25, 0.3) is 0 Å². The minimum Gasteiger partial charge on any atom is -0.489 e. The van der Waals surface area contributed by atoms with Crippen LogP contribution in [-0.4, -0.2) is 11.9 Å². The fourth-order valence-corrected chi connectivity index (χ4v) is 3.31. The molecule has 2 aromatic carbocycles. The van der Waals surface area contributed by atoms with Crippen LogP contribution in [0.5, 0.6) is 5.75 Å². The van der Waals surface area contributed by atoms with Crippen LogP contribution >= 0.6 is 0 Å². The predicted octanol–water partition coefficient (Wildman–Crippen LogP) is 3.01. The van der Waals surface area contributed by atoms with Gasteiger partial charge in [0.25, 0.3) is 0 Å². The predicted molar refractivity (Wildman–Crippen MR) is 94.4 cm³/mol. The van der Waals surface area contributed by atoms with Crippen LogP contribution in [0.2, 0.25) is 0 Å². The van der Waals surface area contributed by atoms with Crippen molar-refractivity contribution >= 4 is 5.91 Å². The summed E-state index contributed by atoms with van der Waals surface area (Å²) in [6, 6.07) is 18.3. The minimum absolute atomic E-state index is 0.0533. The third-order valence-corrected chi connectivity index (χ3v) is 4.65. The number of rotatable bonds is 7. The summed E-state index contributed by atoms with van der Waals surface area (Å²) in [4.78, 5) is 11.5. The summed E-state index contributed by atoms with van der Waals surface area (Å²) in [7, 11) is 0. The normalized spacial score (nSPS) is 20.0. The van der Waals surface area contributed by atoms with Gasteiger partial charge in [0, 0.05) is 18.2 Å². The van der Waals surface area contributed by atoms with E-state index in [0.29, 0.717) is 13.2 Å². The van der Waals surface area contributed by atoms with Gasteiger partial charge in [-0.3, -0.25) is 4.79 Å². The monoisotopic (exact) mass is 324 g/mol. The molecule has 0 spiro atoms. The second kappa shape index (κ2) is 7.97. The quantitative estimate of drug-likeness (QED) is 0.823. The van der Waals surface area contributed by atoms with Gasteiger partial charge in [-0.2, -0.15) is 0 Å². The van der Waals surface area contributed by atoms with Crippen LogP contribution in [-0.2, 0) is 17.9 Å². The molecule has 24 heavy (non-hydrogen) atoms. The number of ether oxygens (including phenoxy) is 1. The maximum Gasteiger partial charge on any atom is 0.222 e. The van der Waals surface area contributed by atoms with Crippen molar-refractivity contribution in [1.82, 2.24) is 5.32 Å². The van der Waals surface area contributed by atoms with Crippen molar-refractivity contribution in [2.45, 2.75) is 38.5 Å². The first kappa shape index (κ1) is 16.5. The zero-order chi connectivity index (χ0) is 16.8. The van der Waals surface area contributed by atoms with Crippen LogP contribution in [0.3, 0.4) is 0 Å². The summed E-state index contributed by atoms with van der Waals surface area (Å²) in [5, 5.41) is 3.49. The van der Waals surface area contributed by atoms with Crippen molar-refractivity contribution in [2.24, 2.45) is 11.7 Å². The first-order chi connectivity index (χ1) is 11.7. The van der Waals surface area contributed by atoms with Gasteiger partial charge in [-0.15, -0.1) is 0 Å². The van der Waals surface area contributed by atoms with Gasteiger partial charge in [-0.05, 0) is 24.5 Å². The Kier molecular flexibility index (Phi) is 5.49. The molecule has 3 rings (SSSR count). The van der Waals surface area contributed by atoms with Crippen molar-refractivity contribution in [3.05, 3.63) is 65.7 Å². The third kappa shape index (κ3) is 4.15. The first-order valence-electron chi connectivity index (χ1n) is 8.51. The maximum absolute atomic E-state index is 11.5. The number of hydrogen-bond donors (Lipinski definition) is 2. The van der Waals surface area contributed by atoms with Crippen molar-refractivity contribution in [3.63, 3.8) is 0 Å². The van der Waals surface area contributed by atoms with Gasteiger partial charge in [-0.1, -0.05) is 55.0 Å². The number of carbonyl (C=O) groups excluding carboxylic acids is 1. The largest absolute Gasteiger partial charge is 0.489 e. The van der Waals surface area contributed by atoms with E-state index in [1.165, 1.54) is 0 Å². The number of carbonyl (C=O) groups is 1. The Balaban J connectivity index is 1.61. The Hall–Kier alpha value is -2.33. The highest BCUT2D eigenvalue weighted by Crippen LogP contribution is 2.26. The van der Waals surface area contributed by atoms with E-state index in [2.05, 4.69) is 23.5 Å². The topological polar surface area (TPSA) is 64.4 Å². The van der Waals surface area contributed by atoms with E-state index in [9.17, 15) is 4.79 Å². The number of nitrogens with two attached hydrogens (primary N) is 1. The van der Waals surface area contributed by atoms with E-state index in [4.69, 9.17) is 10.5 Å². The summed E-state index contributed by atoms with van der Waals surface area (Å²) in [6.07, 6.45) is 2.94. The highest BCUT2D eigenvalue weighted by molar-refractivity contribution is 5.77. The highest BCUT2D eigenvalue weighted by atomic mass is 16.5. The lowest BCUT2D eigenvalue weighted by atomic mass is 10.0. The number of primary amides is 1. The molecule has 1 aliphatic carbocycles. The Labute approximate surface area is 143 Å². The molecule has 2 unspecified atom stereocenters. The summed E-state index contributed by atoms with van der Waals surface area (Å²) >= 11 is 0. The van der Waals surface area contributed by atoms with E-state index >= 15 is 0 Å². The molecule has 0 radical (unpaired) electrons. The van der Waals surface area contributed by atoms with Gasteiger partial charge in [-0.25, -0.2) is 0 Å². The molecule has 4 heteroatoms. The van der Waals surface area contributed by atoms with Crippen LogP contribution < -0.4 is 15.8 Å². The van der Waals surface area contributed by atoms with Crippen molar-refractivity contribution in [3.8, 4) is 5.75 Å². The molecule has 1 saturated carbocycles. The number of para-hydroxylation sites is 1. The maximum atomic E-state index is 11.5. The zero-order valence-electron chi connectivity index (χ0n) is 13.8. The van der Waals surface area contributed by atoms with E-state index in [-0.39, 0.29) is 17.9 Å². The lowest BCUT2D eigenvalue weighted by Gasteiger charge is -2.19. The minimum atomic E-state index is -0.196. The fraction of sp³-hybridized carbons (Fsp3) is 0.350. The van der Waals surface area contributed by atoms with Crippen LogP contribution in [0, 0.1) is 5.92 Å². The summed E-state index contributed by atoms with van der Waals surface area (Å²) < 4.78 is 5.98. The Bertz CT molecular complexity index is 672. The van der Waals surface area contributed by atoms with Crippen LogP contribution in [0.4, 0.5) is 0 Å². The van der Waals surface area contributed by atoms with Gasteiger partial charge in [0.05, 0.1) is 5.92 Å². The standard InChI is InChI=1S/C20H24N2O2/c21-20(23)17-10-6-11-18(17)22-13-16-9-4-5-12-19(16)24-14-15-7-2-1-3-8-15/h1-5,7-9,12,17-18,22H,6,10-11,13-14H2,(H2,21,23). The third-order valence-electron chi connectivity index (χ3n) is 4.65. The molecule has 0 heterocycles. The van der Waals surface area contributed by atoms with E-state index in [1.807, 2.05) is 36.4 Å². The summed E-state index contributed by atoms with van der Waals surface area (Å²) in [6.45, 7) is 1.23. The Morgan fingerprint density at radius 3 is 2.62 bits per heavy atom.